The summed E-state index contributed by atoms with van der Waals surface area (Å²) in [7, 11) is 0. The number of oxime groups is 1. The highest BCUT2D eigenvalue weighted by Crippen LogP contribution is 2.47. The van der Waals surface area contributed by atoms with E-state index in [1.54, 1.807) is 4.57 Å². The first kappa shape index (κ1) is 26.4. The summed E-state index contributed by atoms with van der Waals surface area (Å²) in [5.41, 5.74) is 0.0979. The molecular formula is C30H40N4O5. The third-order valence-corrected chi connectivity index (χ3v) is 9.71. The summed E-state index contributed by atoms with van der Waals surface area (Å²) in [6.45, 7) is -0.473. The van der Waals surface area contributed by atoms with Gasteiger partial charge in [0.2, 0.25) is 5.71 Å². The lowest BCUT2D eigenvalue weighted by Gasteiger charge is -2.54. The molecule has 2 N–H and O–H groups in total. The van der Waals surface area contributed by atoms with E-state index in [0.717, 1.165) is 43.0 Å². The quantitative estimate of drug-likeness (QED) is 0.311. The molecule has 2 saturated heterocycles. The van der Waals surface area contributed by atoms with Crippen molar-refractivity contribution >= 4 is 22.7 Å². The molecule has 2 aliphatic heterocycles. The van der Waals surface area contributed by atoms with Crippen LogP contribution in [0.5, 0.6) is 0 Å². The van der Waals surface area contributed by atoms with Gasteiger partial charge in [0.05, 0.1) is 17.6 Å². The van der Waals surface area contributed by atoms with E-state index in [1.165, 1.54) is 51.4 Å². The average molecular weight is 537 g/mol. The number of benzene rings is 1. The molecule has 4 unspecified atom stereocenters. The number of aliphatic hydroxyl groups is 1. The summed E-state index contributed by atoms with van der Waals surface area (Å²) < 4.78 is 1.80. The van der Waals surface area contributed by atoms with Crippen LogP contribution < -0.4 is 5.56 Å². The number of hydrogen-bond donors (Lipinski definition) is 2. The van der Waals surface area contributed by atoms with E-state index in [1.807, 2.05) is 24.3 Å². The maximum Gasteiger partial charge on any atom is 0.360 e. The fourth-order valence-electron chi connectivity index (χ4n) is 8.31. The van der Waals surface area contributed by atoms with E-state index >= 15 is 0 Å². The van der Waals surface area contributed by atoms with Crippen molar-refractivity contribution in [3.63, 3.8) is 0 Å². The van der Waals surface area contributed by atoms with Crippen molar-refractivity contribution < 1.29 is 19.8 Å². The van der Waals surface area contributed by atoms with Gasteiger partial charge in [0, 0.05) is 24.2 Å². The minimum atomic E-state index is -1.38. The highest BCUT2D eigenvalue weighted by atomic mass is 16.6. The molecule has 9 nitrogen and oxygen atoms in total. The van der Waals surface area contributed by atoms with Crippen LogP contribution in [0.4, 0.5) is 0 Å². The summed E-state index contributed by atoms with van der Waals surface area (Å²) in [5, 5.41) is 22.6. The van der Waals surface area contributed by atoms with Gasteiger partial charge in [0.1, 0.15) is 6.61 Å². The molecule has 9 heteroatoms. The van der Waals surface area contributed by atoms with Gasteiger partial charge in [-0.05, 0) is 68.9 Å². The van der Waals surface area contributed by atoms with E-state index in [0.29, 0.717) is 23.6 Å². The Balaban J connectivity index is 1.35. The maximum absolute atomic E-state index is 14.0. The monoisotopic (exact) mass is 536 g/mol. The highest BCUT2D eigenvalue weighted by molar-refractivity contribution is 6.41. The number of aliphatic hydroxyl groups excluding tert-OH is 1. The number of hydrogen-bond acceptors (Lipinski definition) is 7. The van der Waals surface area contributed by atoms with Crippen LogP contribution in [0.1, 0.15) is 88.8 Å². The second kappa shape index (κ2) is 11.4. The predicted molar refractivity (Wildman–Crippen MR) is 148 cm³/mol. The summed E-state index contributed by atoms with van der Waals surface area (Å²) in [6.07, 6.45) is 14.9. The van der Waals surface area contributed by atoms with Crippen molar-refractivity contribution in [3.05, 3.63) is 40.3 Å². The molecule has 1 aromatic heterocycles. The van der Waals surface area contributed by atoms with Crippen molar-refractivity contribution in [1.29, 1.82) is 0 Å². The second-order valence-electron chi connectivity index (χ2n) is 12.1. The molecule has 4 atom stereocenters. The number of aromatic nitrogens is 2. The Morgan fingerprint density at radius 2 is 1.62 bits per heavy atom. The number of aliphatic carboxylic acids is 1. The van der Waals surface area contributed by atoms with Crippen LogP contribution in [0, 0.1) is 11.8 Å². The molecule has 1 aromatic carbocycles. The molecule has 2 aromatic rings. The Kier molecular flexibility index (Phi) is 7.71. The largest absolute Gasteiger partial charge is 0.476 e. The first-order valence-electron chi connectivity index (χ1n) is 14.9. The Labute approximate surface area is 228 Å². The zero-order valence-electron chi connectivity index (χ0n) is 22.6. The number of carboxylic acids is 1. The molecule has 2 aliphatic carbocycles. The number of carboxylic acid groups (broad SMARTS) is 1. The van der Waals surface area contributed by atoms with E-state index < -0.39 is 17.2 Å². The maximum atomic E-state index is 14.0. The SMILES string of the molecule is O=C(O)C(=NOCCO)c1nc2ccccc2n(C2CC3CCCC(C2)N3C2CC3CCCCC(C3)C2)c1=O. The molecule has 0 amide bonds. The fraction of sp³-hybridized carbons (Fsp3) is 0.667. The Morgan fingerprint density at radius 3 is 2.28 bits per heavy atom. The van der Waals surface area contributed by atoms with Gasteiger partial charge in [-0.15, -0.1) is 0 Å². The van der Waals surface area contributed by atoms with Crippen molar-refractivity contribution in [2.75, 3.05) is 13.2 Å². The lowest BCUT2D eigenvalue weighted by Crippen LogP contribution is -2.58. The van der Waals surface area contributed by atoms with Gasteiger partial charge in [0.25, 0.3) is 5.56 Å². The lowest BCUT2D eigenvalue weighted by atomic mass is 9.73. The predicted octanol–water partition coefficient (Wildman–Crippen LogP) is 4.11. The summed E-state index contributed by atoms with van der Waals surface area (Å²) in [5.74, 6) is 0.349. The molecule has 2 saturated carbocycles. The van der Waals surface area contributed by atoms with E-state index in [-0.39, 0.29) is 24.9 Å². The van der Waals surface area contributed by atoms with Crippen molar-refractivity contribution in [1.82, 2.24) is 14.5 Å². The molecule has 3 heterocycles. The van der Waals surface area contributed by atoms with Crippen LogP contribution in [0.25, 0.3) is 11.0 Å². The van der Waals surface area contributed by atoms with Gasteiger partial charge in [-0.3, -0.25) is 9.69 Å². The number of fused-ring (bicyclic) bond motifs is 5. The molecule has 6 rings (SSSR count). The number of piperidine rings is 2. The van der Waals surface area contributed by atoms with Gasteiger partial charge in [-0.25, -0.2) is 9.78 Å². The van der Waals surface area contributed by atoms with Crippen LogP contribution in [0.15, 0.2) is 34.2 Å². The van der Waals surface area contributed by atoms with Crippen LogP contribution in [-0.2, 0) is 9.63 Å². The second-order valence-corrected chi connectivity index (χ2v) is 12.1. The van der Waals surface area contributed by atoms with Crippen molar-refractivity contribution in [3.8, 4) is 0 Å². The topological polar surface area (TPSA) is 117 Å². The zero-order valence-corrected chi connectivity index (χ0v) is 22.6. The minimum absolute atomic E-state index is 0.0324. The molecule has 4 bridgehead atoms. The van der Waals surface area contributed by atoms with Crippen molar-refractivity contribution in [2.24, 2.45) is 17.0 Å². The summed E-state index contributed by atoms with van der Waals surface area (Å²) in [6, 6.07) is 8.95. The molecule has 4 fully saturated rings. The first-order valence-corrected chi connectivity index (χ1v) is 14.9. The van der Waals surface area contributed by atoms with Gasteiger partial charge < -0.3 is 19.6 Å². The van der Waals surface area contributed by atoms with Gasteiger partial charge in [0.15, 0.2) is 5.69 Å². The molecular weight excluding hydrogens is 496 g/mol. The smallest absolute Gasteiger partial charge is 0.360 e. The Hall–Kier alpha value is -2.78. The van der Waals surface area contributed by atoms with Crippen LogP contribution in [0.2, 0.25) is 0 Å². The van der Waals surface area contributed by atoms with Crippen LogP contribution in [0.3, 0.4) is 0 Å². The Bertz CT molecular complexity index is 1260. The van der Waals surface area contributed by atoms with Gasteiger partial charge >= 0.3 is 5.97 Å². The van der Waals surface area contributed by atoms with Crippen LogP contribution >= 0.6 is 0 Å². The van der Waals surface area contributed by atoms with Gasteiger partial charge in [-0.2, -0.15) is 0 Å². The molecule has 0 radical (unpaired) electrons. The summed E-state index contributed by atoms with van der Waals surface area (Å²) in [4.78, 5) is 38.3. The molecule has 0 spiro atoms. The Morgan fingerprint density at radius 1 is 0.923 bits per heavy atom. The van der Waals surface area contributed by atoms with E-state index in [9.17, 15) is 14.7 Å². The third kappa shape index (κ3) is 5.23. The van der Waals surface area contributed by atoms with E-state index in [4.69, 9.17) is 9.94 Å². The number of carbonyl (C=O) groups is 1. The molecule has 39 heavy (non-hydrogen) atoms. The minimum Gasteiger partial charge on any atom is -0.476 e. The summed E-state index contributed by atoms with van der Waals surface area (Å²) >= 11 is 0. The zero-order chi connectivity index (χ0) is 26.9. The third-order valence-electron chi connectivity index (χ3n) is 9.71. The lowest BCUT2D eigenvalue weighted by molar-refractivity contribution is -0.129. The average Bonchev–Trinajstić information content (AvgIpc) is 3.09. The van der Waals surface area contributed by atoms with Crippen LogP contribution in [-0.4, -0.2) is 67.7 Å². The van der Waals surface area contributed by atoms with Crippen molar-refractivity contribution in [2.45, 2.75) is 101 Å². The number of para-hydroxylation sites is 2. The normalized spacial score (nSPS) is 31.6. The standard InChI is InChI=1S/C30H40N4O5/c35-12-13-39-32-28(30(37)38)27-29(36)34(26-11-4-3-10-25(26)31-27)24-17-21-8-5-9-22(18-24)33(21)23-15-19-6-1-2-7-20(14-19)16-23/h3-4,10-11,19-24,35H,1-2,5-9,12-18H2,(H,37,38). The van der Waals surface area contributed by atoms with E-state index in [2.05, 4.69) is 15.0 Å². The molecule has 210 valence electrons. The first-order chi connectivity index (χ1) is 19.0. The van der Waals surface area contributed by atoms with Gasteiger partial charge in [-0.1, -0.05) is 49.4 Å². The fourth-order valence-corrected chi connectivity index (χ4v) is 8.31. The molecule has 4 aliphatic rings. The number of rotatable bonds is 7. The highest BCUT2D eigenvalue weighted by Gasteiger charge is 2.45. The number of nitrogens with zero attached hydrogens (tertiary/aromatic N) is 4.